The predicted molar refractivity (Wildman–Crippen MR) is 106 cm³/mol. The molecule has 1 aromatic rings. The first-order valence-electron chi connectivity index (χ1n) is 8.78. The molecule has 0 atom stereocenters. The summed E-state index contributed by atoms with van der Waals surface area (Å²) in [5, 5.41) is 3.34. The molecule has 0 bridgehead atoms. The standard InChI is InChI=1S/C18H31BO2Si2/c1-13-10-15-16(23(8,9)12-22(15,6)7)11-14(13)19-20-17(2,3)18(4,5)21-19/h10-11H,12H2,1-9H3. The minimum absolute atomic E-state index is 0.236. The van der Waals surface area contributed by atoms with Gasteiger partial charge in [0.05, 0.1) is 27.3 Å². The molecule has 1 fully saturated rings. The van der Waals surface area contributed by atoms with Crippen molar-refractivity contribution in [2.24, 2.45) is 0 Å². The Morgan fingerprint density at radius 1 is 0.870 bits per heavy atom. The first-order valence-corrected chi connectivity index (χ1v) is 15.2. The van der Waals surface area contributed by atoms with Gasteiger partial charge in [-0.2, -0.15) is 0 Å². The van der Waals surface area contributed by atoms with Crippen molar-refractivity contribution < 1.29 is 9.31 Å². The van der Waals surface area contributed by atoms with Crippen molar-refractivity contribution in [3.8, 4) is 0 Å². The Labute approximate surface area is 144 Å². The van der Waals surface area contributed by atoms with Crippen molar-refractivity contribution in [3.05, 3.63) is 17.7 Å². The van der Waals surface area contributed by atoms with Crippen molar-refractivity contribution >= 4 is 39.1 Å². The van der Waals surface area contributed by atoms with Crippen molar-refractivity contribution in [3.63, 3.8) is 0 Å². The average Bonchev–Trinajstić information content (AvgIpc) is 2.65. The smallest absolute Gasteiger partial charge is 0.399 e. The fraction of sp³-hybridized carbons (Fsp3) is 0.667. The van der Waals surface area contributed by atoms with Crippen LogP contribution in [0.5, 0.6) is 0 Å². The number of rotatable bonds is 1. The highest BCUT2D eigenvalue weighted by Crippen LogP contribution is 2.37. The van der Waals surface area contributed by atoms with Crippen LogP contribution in [0, 0.1) is 6.92 Å². The normalized spacial score (nSPS) is 26.4. The molecule has 2 aliphatic heterocycles. The van der Waals surface area contributed by atoms with Gasteiger partial charge in [0.2, 0.25) is 0 Å². The zero-order valence-corrected chi connectivity index (χ0v) is 18.3. The lowest BCUT2D eigenvalue weighted by Crippen LogP contribution is -2.49. The van der Waals surface area contributed by atoms with E-state index in [9.17, 15) is 0 Å². The Balaban J connectivity index is 2.08. The van der Waals surface area contributed by atoms with Crippen molar-refractivity contribution in [2.45, 2.75) is 77.7 Å². The van der Waals surface area contributed by atoms with Gasteiger partial charge < -0.3 is 9.31 Å². The monoisotopic (exact) mass is 346 g/mol. The third-order valence-corrected chi connectivity index (χ3v) is 17.3. The number of aryl methyl sites for hydroxylation is 1. The lowest BCUT2D eigenvalue weighted by Gasteiger charge is -2.32. The zero-order chi connectivity index (χ0) is 17.4. The molecule has 0 radical (unpaired) electrons. The van der Waals surface area contributed by atoms with Gasteiger partial charge in [-0.25, -0.2) is 0 Å². The quantitative estimate of drug-likeness (QED) is 0.728. The van der Waals surface area contributed by atoms with Crippen molar-refractivity contribution in [2.75, 3.05) is 0 Å². The average molecular weight is 346 g/mol. The molecular formula is C18H31BO2Si2. The molecule has 0 saturated carbocycles. The molecule has 0 unspecified atom stereocenters. The largest absolute Gasteiger partial charge is 0.495 e. The van der Waals surface area contributed by atoms with Gasteiger partial charge in [0.1, 0.15) is 0 Å². The second-order valence-electron chi connectivity index (χ2n) is 9.79. The summed E-state index contributed by atoms with van der Waals surface area (Å²) >= 11 is 0. The van der Waals surface area contributed by atoms with Crippen LogP contribution >= 0.6 is 0 Å². The van der Waals surface area contributed by atoms with Crippen molar-refractivity contribution in [1.29, 1.82) is 0 Å². The molecule has 23 heavy (non-hydrogen) atoms. The van der Waals surface area contributed by atoms with Crippen molar-refractivity contribution in [1.82, 2.24) is 0 Å². The zero-order valence-electron chi connectivity index (χ0n) is 16.3. The first kappa shape index (κ1) is 17.5. The molecule has 126 valence electrons. The van der Waals surface area contributed by atoms with E-state index in [0.717, 1.165) is 0 Å². The molecule has 0 spiro atoms. The summed E-state index contributed by atoms with van der Waals surface area (Å²) in [6.45, 7) is 20.8. The summed E-state index contributed by atoms with van der Waals surface area (Å²) in [5.41, 5.74) is 3.49. The van der Waals surface area contributed by atoms with E-state index < -0.39 is 16.1 Å². The summed E-state index contributed by atoms with van der Waals surface area (Å²) in [4.78, 5) is 0. The molecule has 0 amide bonds. The van der Waals surface area contributed by atoms with E-state index in [-0.39, 0.29) is 18.3 Å². The second kappa shape index (κ2) is 4.84. The van der Waals surface area contributed by atoms with Gasteiger partial charge in [-0.05, 0) is 40.1 Å². The fourth-order valence-electron chi connectivity index (χ4n) is 4.36. The van der Waals surface area contributed by atoms with E-state index in [1.165, 1.54) is 16.7 Å². The van der Waals surface area contributed by atoms with Crippen LogP contribution in [0.2, 0.25) is 31.9 Å². The summed E-state index contributed by atoms with van der Waals surface area (Å²) in [5.74, 6) is 0. The molecule has 0 N–H and O–H groups in total. The number of fused-ring (bicyclic) bond motifs is 1. The highest BCUT2D eigenvalue weighted by Gasteiger charge is 2.53. The highest BCUT2D eigenvalue weighted by molar-refractivity contribution is 7.14. The number of hydrogen-bond acceptors (Lipinski definition) is 2. The highest BCUT2D eigenvalue weighted by atomic mass is 28.4. The molecule has 1 aromatic carbocycles. The molecule has 2 aliphatic rings. The van der Waals surface area contributed by atoms with Gasteiger partial charge in [-0.15, -0.1) is 0 Å². The van der Waals surface area contributed by atoms with Crippen LogP contribution in [0.25, 0.3) is 0 Å². The molecule has 2 nitrogen and oxygen atoms in total. The van der Waals surface area contributed by atoms with Crippen LogP contribution in [0.15, 0.2) is 12.1 Å². The van der Waals surface area contributed by atoms with E-state index >= 15 is 0 Å². The Morgan fingerprint density at radius 3 is 1.78 bits per heavy atom. The van der Waals surface area contributed by atoms with Crippen LogP contribution in [0.4, 0.5) is 0 Å². The predicted octanol–water partition coefficient (Wildman–Crippen LogP) is 2.68. The summed E-state index contributed by atoms with van der Waals surface area (Å²) in [7, 11) is -2.82. The van der Waals surface area contributed by atoms with Gasteiger partial charge in [-0.1, -0.05) is 59.9 Å². The number of hydrogen-bond donors (Lipinski definition) is 0. The van der Waals surface area contributed by atoms with E-state index in [4.69, 9.17) is 9.31 Å². The van der Waals surface area contributed by atoms with E-state index in [1.54, 1.807) is 10.4 Å². The van der Waals surface area contributed by atoms with Crippen LogP contribution in [0.1, 0.15) is 33.3 Å². The third-order valence-electron chi connectivity index (χ3n) is 6.26. The van der Waals surface area contributed by atoms with Gasteiger partial charge >= 0.3 is 7.12 Å². The fourth-order valence-corrected chi connectivity index (χ4v) is 19.5. The van der Waals surface area contributed by atoms with E-state index in [0.29, 0.717) is 0 Å². The molecular weight excluding hydrogens is 315 g/mol. The summed E-state index contributed by atoms with van der Waals surface area (Å²) < 4.78 is 12.6. The minimum Gasteiger partial charge on any atom is -0.399 e. The summed E-state index contributed by atoms with van der Waals surface area (Å²) in [6, 6.07) is 4.91. The van der Waals surface area contributed by atoms with Gasteiger partial charge in [0.25, 0.3) is 0 Å². The van der Waals surface area contributed by atoms with Crippen LogP contribution in [0.3, 0.4) is 0 Å². The van der Waals surface area contributed by atoms with Gasteiger partial charge in [0.15, 0.2) is 0 Å². The maximum Gasteiger partial charge on any atom is 0.495 e. The maximum absolute atomic E-state index is 6.32. The lowest BCUT2D eigenvalue weighted by molar-refractivity contribution is 0.00578. The topological polar surface area (TPSA) is 18.5 Å². The maximum atomic E-state index is 6.32. The molecule has 0 aromatic heterocycles. The van der Waals surface area contributed by atoms with Crippen LogP contribution in [-0.2, 0) is 9.31 Å². The van der Waals surface area contributed by atoms with E-state index in [1.807, 2.05) is 0 Å². The Hall–Kier alpha value is -0.361. The first-order chi connectivity index (χ1) is 10.3. The summed E-state index contributed by atoms with van der Waals surface area (Å²) in [6.07, 6.45) is 0. The van der Waals surface area contributed by atoms with Gasteiger partial charge in [0, 0.05) is 0 Å². The molecule has 0 aliphatic carbocycles. The Bertz CT molecular complexity index is 649. The molecule has 3 rings (SSSR count). The van der Waals surface area contributed by atoms with Crippen LogP contribution in [-0.4, -0.2) is 34.5 Å². The van der Waals surface area contributed by atoms with E-state index in [2.05, 4.69) is 72.9 Å². The SMILES string of the molecule is Cc1cc2c(cc1B1OC(C)(C)C(C)(C)O1)[Si](C)(C)C[Si]2(C)C. The minimum atomic E-state index is -1.32. The van der Waals surface area contributed by atoms with Crippen LogP contribution < -0.4 is 15.8 Å². The van der Waals surface area contributed by atoms with Gasteiger partial charge in [-0.3, -0.25) is 0 Å². The lowest BCUT2D eigenvalue weighted by atomic mass is 9.76. The Kier molecular flexibility index (Phi) is 3.67. The molecule has 2 heterocycles. The number of benzene rings is 1. The third kappa shape index (κ3) is 2.60. The molecule has 1 saturated heterocycles. The molecule has 5 heteroatoms. The Morgan fingerprint density at radius 2 is 1.30 bits per heavy atom. The second-order valence-corrected chi connectivity index (χ2v) is 19.8.